The van der Waals surface area contributed by atoms with Gasteiger partial charge in [0.25, 0.3) is 11.7 Å². The van der Waals surface area contributed by atoms with Crippen molar-refractivity contribution < 1.29 is 19.4 Å². The summed E-state index contributed by atoms with van der Waals surface area (Å²) in [5, 5.41) is 11.3. The molecule has 3 rings (SSSR count). The van der Waals surface area contributed by atoms with Gasteiger partial charge >= 0.3 is 0 Å². The number of benzene rings is 1. The van der Waals surface area contributed by atoms with Crippen molar-refractivity contribution in [2.45, 2.75) is 32.2 Å². The maximum Gasteiger partial charge on any atom is 0.295 e. The quantitative estimate of drug-likeness (QED) is 0.315. The first kappa shape index (κ1) is 20.9. The second kappa shape index (κ2) is 9.09. The number of methoxy groups -OCH3 is 1. The van der Waals surface area contributed by atoms with Gasteiger partial charge in [0.05, 0.1) is 23.7 Å². The molecule has 0 spiro atoms. The summed E-state index contributed by atoms with van der Waals surface area (Å²) in [5.41, 5.74) is 0.907. The summed E-state index contributed by atoms with van der Waals surface area (Å²) in [6, 6.07) is 7.58. The zero-order valence-electron chi connectivity index (χ0n) is 16.4. The van der Waals surface area contributed by atoms with Gasteiger partial charge in [-0.25, -0.2) is 0 Å². The molecule has 1 aliphatic heterocycles. The lowest BCUT2D eigenvalue weighted by atomic mass is 9.96. The molecule has 1 fully saturated rings. The number of carbonyl (C=O) groups excluding carboxylic acids is 2. The van der Waals surface area contributed by atoms with Crippen molar-refractivity contribution in [2.75, 3.05) is 13.7 Å². The van der Waals surface area contributed by atoms with Crippen LogP contribution in [-0.2, 0) is 9.59 Å². The van der Waals surface area contributed by atoms with Crippen LogP contribution in [0.3, 0.4) is 0 Å². The number of hydrogen-bond donors (Lipinski definition) is 1. The average Bonchev–Trinajstić information content (AvgIpc) is 2.99. The highest BCUT2D eigenvalue weighted by atomic mass is 35.5. The molecule has 0 saturated carbocycles. The van der Waals surface area contributed by atoms with Crippen LogP contribution in [0.5, 0.6) is 5.75 Å². The Labute approximate surface area is 174 Å². The molecule has 1 aromatic heterocycles. The lowest BCUT2D eigenvalue weighted by molar-refractivity contribution is -0.139. The minimum atomic E-state index is -0.730. The number of pyridine rings is 1. The van der Waals surface area contributed by atoms with Crippen molar-refractivity contribution in [3.8, 4) is 5.75 Å². The van der Waals surface area contributed by atoms with E-state index < -0.39 is 17.7 Å². The molecular formula is C22H23ClN2O4. The predicted molar refractivity (Wildman–Crippen MR) is 111 cm³/mol. The number of Topliss-reactive ketones (excluding diaryl/α,β-unsaturated/α-hetero) is 1. The van der Waals surface area contributed by atoms with E-state index >= 15 is 0 Å². The van der Waals surface area contributed by atoms with Crippen LogP contribution in [0.4, 0.5) is 0 Å². The van der Waals surface area contributed by atoms with Gasteiger partial charge in [-0.15, -0.1) is 0 Å². The molecule has 2 aromatic rings. The Morgan fingerprint density at radius 2 is 2.07 bits per heavy atom. The fraction of sp³-hybridized carbons (Fsp3) is 0.318. The molecule has 6 nitrogen and oxygen atoms in total. The second-order valence-corrected chi connectivity index (χ2v) is 7.24. The molecule has 2 heterocycles. The molecule has 1 aliphatic rings. The van der Waals surface area contributed by atoms with Crippen LogP contribution in [0, 0.1) is 0 Å². The molecule has 7 heteroatoms. The number of unbranched alkanes of at least 4 members (excludes halogenated alkanes) is 2. The van der Waals surface area contributed by atoms with E-state index in [1.54, 1.807) is 42.7 Å². The number of hydrogen-bond acceptors (Lipinski definition) is 5. The topological polar surface area (TPSA) is 79.7 Å². The number of aromatic nitrogens is 1. The van der Waals surface area contributed by atoms with E-state index in [0.717, 1.165) is 19.3 Å². The molecule has 1 N–H and O–H groups in total. The number of likely N-dealkylation sites (tertiary alicyclic amines) is 1. The Balaban J connectivity index is 2.15. The van der Waals surface area contributed by atoms with Gasteiger partial charge in [-0.05, 0) is 36.2 Å². The molecule has 0 bridgehead atoms. The number of ketones is 1. The van der Waals surface area contributed by atoms with Crippen molar-refractivity contribution >= 4 is 29.1 Å². The van der Waals surface area contributed by atoms with Crippen LogP contribution in [0.25, 0.3) is 5.76 Å². The maximum absolute atomic E-state index is 12.9. The Kier molecular flexibility index (Phi) is 6.54. The Bertz CT molecular complexity index is 943. The number of rotatable bonds is 7. The Morgan fingerprint density at radius 3 is 2.72 bits per heavy atom. The van der Waals surface area contributed by atoms with Gasteiger partial charge in [-0.2, -0.15) is 0 Å². The molecule has 1 atom stereocenters. The molecule has 1 saturated heterocycles. The molecule has 1 amide bonds. The summed E-state index contributed by atoms with van der Waals surface area (Å²) in [6.45, 7) is 2.48. The summed E-state index contributed by atoms with van der Waals surface area (Å²) < 4.78 is 5.20. The highest BCUT2D eigenvalue weighted by Gasteiger charge is 2.46. The lowest BCUT2D eigenvalue weighted by Gasteiger charge is -2.25. The van der Waals surface area contributed by atoms with Gasteiger partial charge in [0.15, 0.2) is 0 Å². The number of halogens is 1. The highest BCUT2D eigenvalue weighted by Crippen LogP contribution is 2.40. The van der Waals surface area contributed by atoms with Crippen LogP contribution in [-0.4, -0.2) is 40.3 Å². The average molecular weight is 415 g/mol. The standard InChI is InChI=1S/C22H23ClN2O4/c1-3-4-5-11-25-19(14-7-6-10-24-13-14)18(21(27)22(25)28)20(26)16-12-15(29-2)8-9-17(16)23/h6-10,12-13,19,26H,3-5,11H2,1-2H3/b20-18+. The molecule has 1 unspecified atom stereocenters. The minimum Gasteiger partial charge on any atom is -0.507 e. The molecule has 1 aromatic carbocycles. The number of nitrogens with zero attached hydrogens (tertiary/aromatic N) is 2. The molecule has 29 heavy (non-hydrogen) atoms. The van der Waals surface area contributed by atoms with Crippen molar-refractivity contribution in [1.29, 1.82) is 0 Å². The smallest absolute Gasteiger partial charge is 0.295 e. The van der Waals surface area contributed by atoms with Crippen molar-refractivity contribution in [3.63, 3.8) is 0 Å². The summed E-state index contributed by atoms with van der Waals surface area (Å²) in [4.78, 5) is 31.3. The van der Waals surface area contributed by atoms with Crippen molar-refractivity contribution in [1.82, 2.24) is 9.88 Å². The van der Waals surface area contributed by atoms with Crippen LogP contribution < -0.4 is 4.74 Å². The van der Waals surface area contributed by atoms with Gasteiger partial charge in [-0.1, -0.05) is 37.4 Å². The molecular weight excluding hydrogens is 392 g/mol. The van der Waals surface area contributed by atoms with Gasteiger partial charge in [0.2, 0.25) is 0 Å². The van der Waals surface area contributed by atoms with Crippen LogP contribution in [0.1, 0.15) is 43.4 Å². The first-order valence-electron chi connectivity index (χ1n) is 9.51. The molecule has 0 radical (unpaired) electrons. The number of aliphatic hydroxyl groups excluding tert-OH is 1. The summed E-state index contributed by atoms with van der Waals surface area (Å²) in [7, 11) is 1.50. The number of ether oxygens (including phenoxy) is 1. The minimum absolute atomic E-state index is 0.00894. The molecule has 152 valence electrons. The first-order valence-corrected chi connectivity index (χ1v) is 9.89. The fourth-order valence-corrected chi connectivity index (χ4v) is 3.69. The zero-order chi connectivity index (χ0) is 21.0. The summed E-state index contributed by atoms with van der Waals surface area (Å²) in [6.07, 6.45) is 5.90. The van der Waals surface area contributed by atoms with Gasteiger partial charge in [0, 0.05) is 24.5 Å². The van der Waals surface area contributed by atoms with Crippen molar-refractivity contribution in [3.05, 3.63) is 64.4 Å². The lowest BCUT2D eigenvalue weighted by Crippen LogP contribution is -2.30. The highest BCUT2D eigenvalue weighted by molar-refractivity contribution is 6.47. The Morgan fingerprint density at radius 1 is 1.28 bits per heavy atom. The second-order valence-electron chi connectivity index (χ2n) is 6.83. The van der Waals surface area contributed by atoms with E-state index in [0.29, 0.717) is 17.9 Å². The number of aliphatic hydroxyl groups is 1. The van der Waals surface area contributed by atoms with E-state index in [2.05, 4.69) is 11.9 Å². The van der Waals surface area contributed by atoms with Crippen LogP contribution >= 0.6 is 11.6 Å². The van der Waals surface area contributed by atoms with E-state index in [4.69, 9.17) is 16.3 Å². The fourth-order valence-electron chi connectivity index (χ4n) is 3.48. The number of carbonyl (C=O) groups is 2. The normalized spacial score (nSPS) is 18.3. The summed E-state index contributed by atoms with van der Waals surface area (Å²) in [5.74, 6) is -1.20. The predicted octanol–water partition coefficient (Wildman–Crippen LogP) is 4.36. The zero-order valence-corrected chi connectivity index (χ0v) is 17.1. The summed E-state index contributed by atoms with van der Waals surface area (Å²) >= 11 is 6.27. The first-order chi connectivity index (χ1) is 14.0. The third-order valence-electron chi connectivity index (χ3n) is 4.97. The van der Waals surface area contributed by atoms with Crippen LogP contribution in [0.2, 0.25) is 5.02 Å². The monoisotopic (exact) mass is 414 g/mol. The van der Waals surface area contributed by atoms with E-state index in [-0.39, 0.29) is 21.9 Å². The van der Waals surface area contributed by atoms with E-state index in [9.17, 15) is 14.7 Å². The third-order valence-corrected chi connectivity index (χ3v) is 5.30. The van der Waals surface area contributed by atoms with E-state index in [1.807, 2.05) is 0 Å². The largest absolute Gasteiger partial charge is 0.507 e. The van der Waals surface area contributed by atoms with E-state index in [1.165, 1.54) is 12.0 Å². The van der Waals surface area contributed by atoms with Crippen molar-refractivity contribution in [2.24, 2.45) is 0 Å². The Hall–Kier alpha value is -2.86. The van der Waals surface area contributed by atoms with Gasteiger partial charge in [0.1, 0.15) is 11.5 Å². The maximum atomic E-state index is 12.9. The van der Waals surface area contributed by atoms with Crippen LogP contribution in [0.15, 0.2) is 48.3 Å². The van der Waals surface area contributed by atoms with Gasteiger partial charge in [-0.3, -0.25) is 14.6 Å². The SMILES string of the molecule is CCCCCN1C(=O)C(=O)/C(=C(/O)c2cc(OC)ccc2Cl)C1c1cccnc1. The molecule has 0 aliphatic carbocycles. The van der Waals surface area contributed by atoms with Gasteiger partial charge < -0.3 is 14.7 Å². The third kappa shape index (κ3) is 4.12. The number of amides is 1.